The van der Waals surface area contributed by atoms with Gasteiger partial charge in [-0.2, -0.15) is 0 Å². The van der Waals surface area contributed by atoms with E-state index in [1.165, 1.54) is 32.1 Å². The summed E-state index contributed by atoms with van der Waals surface area (Å²) >= 11 is 0. The van der Waals surface area contributed by atoms with Crippen molar-refractivity contribution in [3.05, 3.63) is 0 Å². The van der Waals surface area contributed by atoms with Gasteiger partial charge < -0.3 is 10.2 Å². The molecular weight excluding hydrogens is 276 g/mol. The zero-order chi connectivity index (χ0) is 15.9. The maximum atomic E-state index is 12.6. The number of nitrogens with one attached hydrogen (secondary N) is 1. The molecule has 126 valence electrons. The van der Waals surface area contributed by atoms with Gasteiger partial charge in [0.2, 0.25) is 11.8 Å². The van der Waals surface area contributed by atoms with Crippen molar-refractivity contribution in [3.8, 4) is 0 Å². The summed E-state index contributed by atoms with van der Waals surface area (Å²) in [5.41, 5.74) is 0. The van der Waals surface area contributed by atoms with Gasteiger partial charge in [-0.3, -0.25) is 9.59 Å². The first kappa shape index (κ1) is 17.3. The second kappa shape index (κ2) is 8.54. The number of carbonyl (C=O) groups is 2. The van der Waals surface area contributed by atoms with E-state index in [0.717, 1.165) is 44.7 Å². The lowest BCUT2D eigenvalue weighted by Gasteiger charge is -2.36. The summed E-state index contributed by atoms with van der Waals surface area (Å²) in [7, 11) is 0. The van der Waals surface area contributed by atoms with Crippen molar-refractivity contribution >= 4 is 11.8 Å². The summed E-state index contributed by atoms with van der Waals surface area (Å²) in [6.07, 6.45) is 10.4. The molecule has 1 saturated heterocycles. The lowest BCUT2D eigenvalue weighted by molar-refractivity contribution is -0.138. The van der Waals surface area contributed by atoms with E-state index >= 15 is 0 Å². The fourth-order valence-electron chi connectivity index (χ4n) is 3.98. The smallest absolute Gasteiger partial charge is 0.225 e. The van der Waals surface area contributed by atoms with Crippen LogP contribution in [0.25, 0.3) is 0 Å². The quantitative estimate of drug-likeness (QED) is 0.848. The second-order valence-electron chi connectivity index (χ2n) is 7.16. The monoisotopic (exact) mass is 308 g/mol. The van der Waals surface area contributed by atoms with Crippen molar-refractivity contribution in [2.75, 3.05) is 13.1 Å². The highest BCUT2D eigenvalue weighted by atomic mass is 16.2. The van der Waals surface area contributed by atoms with Gasteiger partial charge in [0, 0.05) is 32.0 Å². The van der Waals surface area contributed by atoms with Gasteiger partial charge >= 0.3 is 0 Å². The molecule has 22 heavy (non-hydrogen) atoms. The lowest BCUT2D eigenvalue weighted by atomic mass is 9.79. The van der Waals surface area contributed by atoms with Crippen molar-refractivity contribution in [3.63, 3.8) is 0 Å². The Bertz CT molecular complexity index is 367. The van der Waals surface area contributed by atoms with Crippen LogP contribution in [0.2, 0.25) is 0 Å². The number of likely N-dealkylation sites (tertiary alicyclic amines) is 1. The molecule has 1 aliphatic carbocycles. The first-order chi connectivity index (χ1) is 10.6. The number of carbonyl (C=O) groups excluding carboxylic acids is 2. The third-order valence-electron chi connectivity index (χ3n) is 5.38. The predicted octanol–water partition coefficient (Wildman–Crippen LogP) is 3.11. The summed E-state index contributed by atoms with van der Waals surface area (Å²) in [4.78, 5) is 25.8. The van der Waals surface area contributed by atoms with Gasteiger partial charge in [-0.15, -0.1) is 0 Å². The van der Waals surface area contributed by atoms with E-state index < -0.39 is 0 Å². The molecule has 2 aliphatic rings. The molecule has 0 aromatic heterocycles. The van der Waals surface area contributed by atoms with Crippen molar-refractivity contribution in [1.82, 2.24) is 10.2 Å². The number of piperidine rings is 1. The SMILES string of the molecule is CCCCC1CCC(C(=O)N2CCC(NC(C)=O)CC2)CC1. The van der Waals surface area contributed by atoms with Gasteiger partial charge in [-0.05, 0) is 44.4 Å². The number of nitrogens with zero attached hydrogens (tertiary/aromatic N) is 1. The van der Waals surface area contributed by atoms with E-state index in [0.29, 0.717) is 5.91 Å². The average Bonchev–Trinajstić information content (AvgIpc) is 2.53. The third kappa shape index (κ3) is 4.99. The van der Waals surface area contributed by atoms with E-state index in [2.05, 4.69) is 12.2 Å². The molecule has 0 bridgehead atoms. The summed E-state index contributed by atoms with van der Waals surface area (Å²) < 4.78 is 0. The van der Waals surface area contributed by atoms with E-state index in [4.69, 9.17) is 0 Å². The molecule has 0 aromatic carbocycles. The van der Waals surface area contributed by atoms with Gasteiger partial charge in [-0.1, -0.05) is 26.2 Å². The van der Waals surface area contributed by atoms with Crippen LogP contribution in [0.15, 0.2) is 0 Å². The van der Waals surface area contributed by atoms with Crippen LogP contribution in [0, 0.1) is 11.8 Å². The molecule has 4 heteroatoms. The molecule has 0 unspecified atom stereocenters. The van der Waals surface area contributed by atoms with Gasteiger partial charge in [0.25, 0.3) is 0 Å². The highest BCUT2D eigenvalue weighted by molar-refractivity contribution is 5.79. The van der Waals surface area contributed by atoms with E-state index in [1.807, 2.05) is 4.90 Å². The van der Waals surface area contributed by atoms with Crippen LogP contribution in [-0.4, -0.2) is 35.8 Å². The van der Waals surface area contributed by atoms with Crippen LogP contribution in [0.4, 0.5) is 0 Å². The van der Waals surface area contributed by atoms with Gasteiger partial charge in [0.15, 0.2) is 0 Å². The van der Waals surface area contributed by atoms with Crippen LogP contribution < -0.4 is 5.32 Å². The summed E-state index contributed by atoms with van der Waals surface area (Å²) in [5.74, 6) is 1.52. The molecule has 0 radical (unpaired) electrons. The number of rotatable bonds is 5. The minimum absolute atomic E-state index is 0.0372. The maximum absolute atomic E-state index is 12.6. The fourth-order valence-corrected chi connectivity index (χ4v) is 3.98. The predicted molar refractivity (Wildman–Crippen MR) is 88.4 cm³/mol. The van der Waals surface area contributed by atoms with E-state index in [9.17, 15) is 9.59 Å². The fraction of sp³-hybridized carbons (Fsp3) is 0.889. The second-order valence-corrected chi connectivity index (χ2v) is 7.16. The third-order valence-corrected chi connectivity index (χ3v) is 5.38. The van der Waals surface area contributed by atoms with Gasteiger partial charge in [-0.25, -0.2) is 0 Å². The highest BCUT2D eigenvalue weighted by Crippen LogP contribution is 2.33. The maximum Gasteiger partial charge on any atom is 0.225 e. The molecule has 1 N–H and O–H groups in total. The molecule has 1 heterocycles. The van der Waals surface area contributed by atoms with E-state index in [1.54, 1.807) is 6.92 Å². The Morgan fingerprint density at radius 1 is 1.05 bits per heavy atom. The minimum atomic E-state index is 0.0372. The number of amides is 2. The molecule has 2 fully saturated rings. The van der Waals surface area contributed by atoms with Crippen molar-refractivity contribution in [2.24, 2.45) is 11.8 Å². The van der Waals surface area contributed by atoms with Crippen molar-refractivity contribution < 1.29 is 9.59 Å². The Morgan fingerprint density at radius 2 is 1.68 bits per heavy atom. The molecule has 2 amide bonds. The first-order valence-electron chi connectivity index (χ1n) is 9.16. The highest BCUT2D eigenvalue weighted by Gasteiger charge is 2.31. The van der Waals surface area contributed by atoms with Crippen molar-refractivity contribution in [2.45, 2.75) is 77.7 Å². The molecule has 4 nitrogen and oxygen atoms in total. The Labute approximate surface area is 135 Å². The summed E-state index contributed by atoms with van der Waals surface area (Å²) in [5, 5.41) is 2.97. The van der Waals surface area contributed by atoms with Gasteiger partial charge in [0.1, 0.15) is 0 Å². The van der Waals surface area contributed by atoms with Crippen LogP contribution in [0.1, 0.15) is 71.6 Å². The molecule has 0 aromatic rings. The van der Waals surface area contributed by atoms with Crippen LogP contribution in [0.5, 0.6) is 0 Å². The molecular formula is C18H32N2O2. The average molecular weight is 308 g/mol. The van der Waals surface area contributed by atoms with E-state index in [-0.39, 0.29) is 17.9 Å². The summed E-state index contributed by atoms with van der Waals surface area (Å²) in [6.45, 7) is 5.42. The van der Waals surface area contributed by atoms with Crippen LogP contribution in [0.3, 0.4) is 0 Å². The Hall–Kier alpha value is -1.06. The molecule has 0 atom stereocenters. The van der Waals surface area contributed by atoms with Gasteiger partial charge in [0.05, 0.1) is 0 Å². The molecule has 2 rings (SSSR count). The van der Waals surface area contributed by atoms with Crippen molar-refractivity contribution in [1.29, 1.82) is 0 Å². The number of hydrogen-bond acceptors (Lipinski definition) is 2. The Balaban J connectivity index is 1.71. The lowest BCUT2D eigenvalue weighted by Crippen LogP contribution is -2.48. The Morgan fingerprint density at radius 3 is 2.23 bits per heavy atom. The normalized spacial score (nSPS) is 26.7. The summed E-state index contributed by atoms with van der Waals surface area (Å²) in [6, 6.07) is 0.256. The first-order valence-corrected chi connectivity index (χ1v) is 9.16. The number of hydrogen-bond donors (Lipinski definition) is 1. The Kier molecular flexibility index (Phi) is 6.71. The zero-order valence-electron chi connectivity index (χ0n) is 14.3. The number of unbranched alkanes of at least 4 members (excludes halogenated alkanes) is 1. The largest absolute Gasteiger partial charge is 0.353 e. The standard InChI is InChI=1S/C18H32N2O2/c1-3-4-5-15-6-8-16(9-7-15)18(22)20-12-10-17(11-13-20)19-14(2)21/h15-17H,3-13H2,1-2H3,(H,19,21). The molecule has 0 spiro atoms. The topological polar surface area (TPSA) is 49.4 Å². The minimum Gasteiger partial charge on any atom is -0.353 e. The molecule has 1 aliphatic heterocycles. The van der Waals surface area contributed by atoms with Crippen LogP contribution in [-0.2, 0) is 9.59 Å². The zero-order valence-corrected chi connectivity index (χ0v) is 14.3. The van der Waals surface area contributed by atoms with Crippen LogP contribution >= 0.6 is 0 Å². The molecule has 1 saturated carbocycles.